The molecule has 0 atom stereocenters. The van der Waals surface area contributed by atoms with Gasteiger partial charge in [0.15, 0.2) is 0 Å². The maximum absolute atomic E-state index is 12.7. The molecule has 0 amide bonds. The number of likely N-dealkylation sites (N-methyl/N-ethyl adjacent to an activating group) is 1. The van der Waals surface area contributed by atoms with E-state index in [4.69, 9.17) is 11.6 Å². The lowest BCUT2D eigenvalue weighted by atomic mass is 10.2. The number of aryl methyl sites for hydroxylation is 1. The van der Waals surface area contributed by atoms with Gasteiger partial charge in [0.1, 0.15) is 0 Å². The number of hydrogen-bond acceptors (Lipinski definition) is 3. The highest BCUT2D eigenvalue weighted by Gasteiger charge is 2.29. The summed E-state index contributed by atoms with van der Waals surface area (Å²) in [5, 5.41) is 0. The molecule has 1 fully saturated rings. The highest BCUT2D eigenvalue weighted by Crippen LogP contribution is 2.23. The molecule has 0 aliphatic carbocycles. The molecule has 1 aliphatic heterocycles. The number of benzene rings is 1. The van der Waals surface area contributed by atoms with E-state index in [2.05, 4.69) is 11.8 Å². The fourth-order valence-corrected chi connectivity index (χ4v) is 4.29. The van der Waals surface area contributed by atoms with Gasteiger partial charge in [0.2, 0.25) is 10.0 Å². The molecule has 0 N–H and O–H groups in total. The molecule has 1 saturated heterocycles. The summed E-state index contributed by atoms with van der Waals surface area (Å²) in [6.45, 7) is 7.59. The van der Waals surface area contributed by atoms with Crippen LogP contribution in [0.25, 0.3) is 0 Å². The predicted octanol–water partition coefficient (Wildman–Crippen LogP) is 2.06. The van der Waals surface area contributed by atoms with E-state index in [9.17, 15) is 8.42 Å². The molecule has 4 nitrogen and oxygen atoms in total. The van der Waals surface area contributed by atoms with E-state index >= 15 is 0 Å². The molecule has 0 spiro atoms. The second-order valence-electron chi connectivity index (χ2n) is 5.07. The molecule has 112 valence electrons. The minimum atomic E-state index is -3.41. The van der Waals surface area contributed by atoms with Crippen LogP contribution in [0.1, 0.15) is 18.1 Å². The predicted molar refractivity (Wildman–Crippen MR) is 81.6 cm³/mol. The van der Waals surface area contributed by atoms with Crippen molar-refractivity contribution in [2.75, 3.05) is 32.7 Å². The fourth-order valence-electron chi connectivity index (χ4n) is 2.43. The zero-order valence-electron chi connectivity index (χ0n) is 12.0. The van der Waals surface area contributed by atoms with Crippen molar-refractivity contribution in [2.24, 2.45) is 0 Å². The van der Waals surface area contributed by atoms with Gasteiger partial charge in [-0.1, -0.05) is 19.1 Å². The van der Waals surface area contributed by atoms with E-state index in [1.807, 2.05) is 19.1 Å². The second-order valence-corrected chi connectivity index (χ2v) is 7.25. The van der Waals surface area contributed by atoms with Gasteiger partial charge in [-0.3, -0.25) is 0 Å². The molecule has 1 heterocycles. The van der Waals surface area contributed by atoms with E-state index < -0.39 is 10.0 Å². The lowest BCUT2D eigenvalue weighted by Gasteiger charge is -2.33. The topological polar surface area (TPSA) is 40.6 Å². The Balaban J connectivity index is 2.27. The summed E-state index contributed by atoms with van der Waals surface area (Å²) in [6, 6.07) is 5.40. The zero-order valence-corrected chi connectivity index (χ0v) is 13.5. The molecule has 0 radical (unpaired) electrons. The van der Waals surface area contributed by atoms with Crippen LogP contribution in [0.4, 0.5) is 0 Å². The average Bonchev–Trinajstić information content (AvgIpc) is 2.47. The van der Waals surface area contributed by atoms with Crippen LogP contribution >= 0.6 is 11.6 Å². The summed E-state index contributed by atoms with van der Waals surface area (Å²) >= 11 is 5.81. The number of rotatable bonds is 4. The zero-order chi connectivity index (χ0) is 14.8. The number of nitrogens with zero attached hydrogens (tertiary/aromatic N) is 2. The van der Waals surface area contributed by atoms with Gasteiger partial charge in [0.25, 0.3) is 0 Å². The fraction of sp³-hybridized carbons (Fsp3) is 0.571. The molecule has 6 heteroatoms. The van der Waals surface area contributed by atoms with Crippen molar-refractivity contribution in [3.8, 4) is 0 Å². The van der Waals surface area contributed by atoms with Crippen molar-refractivity contribution in [1.29, 1.82) is 0 Å². The number of piperazine rings is 1. The summed E-state index contributed by atoms with van der Waals surface area (Å²) in [6.07, 6.45) is 0. The van der Waals surface area contributed by atoms with Crippen LogP contribution in [-0.2, 0) is 15.9 Å². The lowest BCUT2D eigenvalue weighted by molar-refractivity contribution is 0.196. The number of sulfonamides is 1. The smallest absolute Gasteiger partial charge is 0.243 e. The average molecular weight is 317 g/mol. The minimum absolute atomic E-state index is 0.326. The van der Waals surface area contributed by atoms with Crippen LogP contribution in [0, 0.1) is 6.92 Å². The summed E-state index contributed by atoms with van der Waals surface area (Å²) < 4.78 is 27.1. The van der Waals surface area contributed by atoms with Crippen molar-refractivity contribution in [3.05, 3.63) is 29.3 Å². The van der Waals surface area contributed by atoms with Gasteiger partial charge in [-0.05, 0) is 30.7 Å². The molecule has 1 aromatic carbocycles. The SMILES string of the molecule is CCN1CCN(S(=O)(=O)c2cc(CCl)ccc2C)CC1. The van der Waals surface area contributed by atoms with Crippen molar-refractivity contribution in [3.63, 3.8) is 0 Å². The summed E-state index contributed by atoms with van der Waals surface area (Å²) in [4.78, 5) is 2.65. The van der Waals surface area contributed by atoms with Gasteiger partial charge in [-0.2, -0.15) is 4.31 Å². The summed E-state index contributed by atoms with van der Waals surface area (Å²) in [5.41, 5.74) is 1.61. The van der Waals surface area contributed by atoms with Crippen LogP contribution in [0.15, 0.2) is 23.1 Å². The van der Waals surface area contributed by atoms with Crippen molar-refractivity contribution >= 4 is 21.6 Å². The largest absolute Gasteiger partial charge is 0.301 e. The van der Waals surface area contributed by atoms with E-state index in [1.54, 1.807) is 10.4 Å². The molecule has 2 rings (SSSR count). The Kier molecular flexibility index (Phi) is 5.07. The second kappa shape index (κ2) is 6.43. The van der Waals surface area contributed by atoms with Crippen LogP contribution in [0.3, 0.4) is 0 Å². The molecule has 0 aromatic heterocycles. The monoisotopic (exact) mass is 316 g/mol. The third-order valence-corrected chi connectivity index (χ3v) is 6.15. The molecule has 0 saturated carbocycles. The van der Waals surface area contributed by atoms with Crippen LogP contribution in [0.5, 0.6) is 0 Å². The van der Waals surface area contributed by atoms with E-state index in [-0.39, 0.29) is 0 Å². The van der Waals surface area contributed by atoms with Gasteiger partial charge < -0.3 is 4.90 Å². The maximum Gasteiger partial charge on any atom is 0.243 e. The Morgan fingerprint density at radius 3 is 2.40 bits per heavy atom. The van der Waals surface area contributed by atoms with Crippen LogP contribution < -0.4 is 0 Å². The third kappa shape index (κ3) is 3.17. The van der Waals surface area contributed by atoms with E-state index in [1.165, 1.54) is 0 Å². The first-order chi connectivity index (χ1) is 9.48. The Morgan fingerprint density at radius 1 is 1.20 bits per heavy atom. The normalized spacial score (nSPS) is 18.4. The molecular formula is C14H21ClN2O2S. The molecule has 0 unspecified atom stereocenters. The first-order valence-electron chi connectivity index (χ1n) is 6.87. The quantitative estimate of drug-likeness (QED) is 0.798. The van der Waals surface area contributed by atoms with Crippen LogP contribution in [0.2, 0.25) is 0 Å². The van der Waals surface area contributed by atoms with Gasteiger partial charge in [-0.25, -0.2) is 8.42 Å². The number of halogens is 1. The number of alkyl halides is 1. The Hall–Kier alpha value is -0.620. The summed E-state index contributed by atoms with van der Waals surface area (Å²) in [7, 11) is -3.41. The molecule has 1 aromatic rings. The van der Waals surface area contributed by atoms with Crippen molar-refractivity contribution in [1.82, 2.24) is 9.21 Å². The van der Waals surface area contributed by atoms with Crippen LogP contribution in [-0.4, -0.2) is 50.3 Å². The summed E-state index contributed by atoms with van der Waals surface area (Å²) in [5.74, 6) is 0.326. The Bertz CT molecular complexity index is 567. The molecule has 1 aliphatic rings. The van der Waals surface area contributed by atoms with Gasteiger partial charge in [0, 0.05) is 32.1 Å². The van der Waals surface area contributed by atoms with Gasteiger partial charge in [-0.15, -0.1) is 11.6 Å². The van der Waals surface area contributed by atoms with Gasteiger partial charge >= 0.3 is 0 Å². The van der Waals surface area contributed by atoms with Gasteiger partial charge in [0.05, 0.1) is 4.90 Å². The third-order valence-electron chi connectivity index (χ3n) is 3.80. The standard InChI is InChI=1S/C14H21ClN2O2S/c1-3-16-6-8-17(9-7-16)20(18,19)14-10-13(11-15)5-4-12(14)2/h4-5,10H,3,6-9,11H2,1-2H3. The Labute approximate surface area is 126 Å². The maximum atomic E-state index is 12.7. The first kappa shape index (κ1) is 15.8. The highest BCUT2D eigenvalue weighted by molar-refractivity contribution is 7.89. The van der Waals surface area contributed by atoms with Crippen molar-refractivity contribution in [2.45, 2.75) is 24.6 Å². The lowest BCUT2D eigenvalue weighted by Crippen LogP contribution is -2.48. The first-order valence-corrected chi connectivity index (χ1v) is 8.84. The van der Waals surface area contributed by atoms with E-state index in [0.717, 1.165) is 30.8 Å². The molecule has 20 heavy (non-hydrogen) atoms. The minimum Gasteiger partial charge on any atom is -0.301 e. The highest BCUT2D eigenvalue weighted by atomic mass is 35.5. The Morgan fingerprint density at radius 2 is 1.85 bits per heavy atom. The molecular weight excluding hydrogens is 296 g/mol. The van der Waals surface area contributed by atoms with Crippen molar-refractivity contribution < 1.29 is 8.42 Å². The van der Waals surface area contributed by atoms with E-state index in [0.29, 0.717) is 23.9 Å². The molecule has 0 bridgehead atoms. The number of hydrogen-bond donors (Lipinski definition) is 0.